The summed E-state index contributed by atoms with van der Waals surface area (Å²) < 4.78 is 5.92. The summed E-state index contributed by atoms with van der Waals surface area (Å²) in [5, 5.41) is 9.09. The molecule has 0 fully saturated rings. The molecule has 1 aromatic carbocycles. The molecule has 0 radical (unpaired) electrons. The second-order valence-corrected chi connectivity index (χ2v) is 5.16. The van der Waals surface area contributed by atoms with Crippen molar-refractivity contribution in [2.75, 3.05) is 6.54 Å². The molecule has 0 aliphatic carbocycles. The molecule has 2 aromatic rings. The van der Waals surface area contributed by atoms with Gasteiger partial charge in [0.1, 0.15) is 17.6 Å². The zero-order valence-corrected chi connectivity index (χ0v) is 12.6. The number of benzene rings is 1. The molecule has 1 atom stereocenters. The Bertz CT molecular complexity index is 624. The predicted molar refractivity (Wildman–Crippen MR) is 82.6 cm³/mol. The fourth-order valence-corrected chi connectivity index (χ4v) is 2.57. The van der Waals surface area contributed by atoms with Crippen LogP contribution >= 0.6 is 12.4 Å². The van der Waals surface area contributed by atoms with Gasteiger partial charge in [-0.1, -0.05) is 30.3 Å². The lowest BCUT2D eigenvalue weighted by Crippen LogP contribution is -2.41. The van der Waals surface area contributed by atoms with Gasteiger partial charge in [-0.05, 0) is 25.0 Å². The first-order chi connectivity index (χ1) is 9.65. The minimum Gasteiger partial charge on any atom is -0.480 e. The lowest BCUT2D eigenvalue weighted by atomic mass is 10.1. The molecule has 1 unspecified atom stereocenters. The SMILES string of the molecule is CC(C(=O)O)N1CCc2cc(-c3ccccc3)oc2C1.Cl. The quantitative estimate of drug-likeness (QED) is 0.946. The van der Waals surface area contributed by atoms with E-state index in [4.69, 9.17) is 9.52 Å². The van der Waals surface area contributed by atoms with E-state index in [1.165, 1.54) is 5.56 Å². The van der Waals surface area contributed by atoms with Crippen molar-refractivity contribution >= 4 is 18.4 Å². The smallest absolute Gasteiger partial charge is 0.320 e. The largest absolute Gasteiger partial charge is 0.480 e. The Morgan fingerprint density at radius 1 is 1.33 bits per heavy atom. The van der Waals surface area contributed by atoms with Gasteiger partial charge in [0.2, 0.25) is 0 Å². The van der Waals surface area contributed by atoms with Crippen LogP contribution in [0.3, 0.4) is 0 Å². The zero-order chi connectivity index (χ0) is 14.1. The maximum Gasteiger partial charge on any atom is 0.320 e. The second kappa shape index (κ2) is 6.33. The number of furan rings is 1. The lowest BCUT2D eigenvalue weighted by molar-refractivity contribution is -0.143. The van der Waals surface area contributed by atoms with Crippen LogP contribution in [0.2, 0.25) is 0 Å². The highest BCUT2D eigenvalue weighted by Gasteiger charge is 2.27. The van der Waals surface area contributed by atoms with E-state index in [0.29, 0.717) is 6.54 Å². The molecular formula is C16H18ClNO3. The van der Waals surface area contributed by atoms with Gasteiger partial charge < -0.3 is 9.52 Å². The monoisotopic (exact) mass is 307 g/mol. The number of hydrogen-bond donors (Lipinski definition) is 1. The number of nitrogens with zero attached hydrogens (tertiary/aromatic N) is 1. The Labute approximate surface area is 129 Å². The van der Waals surface area contributed by atoms with Crippen molar-refractivity contribution in [1.29, 1.82) is 0 Å². The number of carboxylic acid groups (broad SMARTS) is 1. The zero-order valence-electron chi connectivity index (χ0n) is 11.8. The third-order valence-corrected chi connectivity index (χ3v) is 3.88. The summed E-state index contributed by atoms with van der Waals surface area (Å²) in [4.78, 5) is 13.0. The molecule has 1 N–H and O–H groups in total. The van der Waals surface area contributed by atoms with Crippen molar-refractivity contribution in [2.45, 2.75) is 25.9 Å². The van der Waals surface area contributed by atoms with Crippen LogP contribution in [0.25, 0.3) is 11.3 Å². The molecule has 0 spiro atoms. The maximum atomic E-state index is 11.1. The predicted octanol–water partition coefficient (Wildman–Crippen LogP) is 3.20. The number of rotatable bonds is 3. The Morgan fingerprint density at radius 2 is 2.05 bits per heavy atom. The Hall–Kier alpha value is -1.78. The number of hydrogen-bond acceptors (Lipinski definition) is 3. The molecule has 0 bridgehead atoms. The van der Waals surface area contributed by atoms with E-state index in [2.05, 4.69) is 6.07 Å². The van der Waals surface area contributed by atoms with E-state index >= 15 is 0 Å². The van der Waals surface area contributed by atoms with Gasteiger partial charge in [0.15, 0.2) is 0 Å². The topological polar surface area (TPSA) is 53.7 Å². The van der Waals surface area contributed by atoms with Crippen LogP contribution in [0.5, 0.6) is 0 Å². The van der Waals surface area contributed by atoms with Crippen LogP contribution in [0.4, 0.5) is 0 Å². The van der Waals surface area contributed by atoms with Crippen LogP contribution in [-0.2, 0) is 17.8 Å². The van der Waals surface area contributed by atoms with Crippen LogP contribution in [-0.4, -0.2) is 28.6 Å². The fourth-order valence-electron chi connectivity index (χ4n) is 2.57. The summed E-state index contributed by atoms with van der Waals surface area (Å²) >= 11 is 0. The highest BCUT2D eigenvalue weighted by Crippen LogP contribution is 2.29. The van der Waals surface area contributed by atoms with Gasteiger partial charge in [-0.15, -0.1) is 12.4 Å². The van der Waals surface area contributed by atoms with E-state index in [1.54, 1.807) is 6.92 Å². The number of halogens is 1. The van der Waals surface area contributed by atoms with Gasteiger partial charge in [0.05, 0.1) is 6.54 Å². The number of carbonyl (C=O) groups is 1. The van der Waals surface area contributed by atoms with Gasteiger partial charge in [-0.3, -0.25) is 9.69 Å². The van der Waals surface area contributed by atoms with Crippen LogP contribution in [0.15, 0.2) is 40.8 Å². The summed E-state index contributed by atoms with van der Waals surface area (Å²) in [7, 11) is 0. The molecule has 4 nitrogen and oxygen atoms in total. The third kappa shape index (κ3) is 3.12. The summed E-state index contributed by atoms with van der Waals surface area (Å²) in [6, 6.07) is 11.6. The first-order valence-corrected chi connectivity index (χ1v) is 6.79. The van der Waals surface area contributed by atoms with E-state index in [9.17, 15) is 4.79 Å². The van der Waals surface area contributed by atoms with E-state index in [1.807, 2.05) is 35.2 Å². The van der Waals surface area contributed by atoms with Gasteiger partial charge in [-0.25, -0.2) is 0 Å². The molecule has 0 saturated carbocycles. The van der Waals surface area contributed by atoms with E-state index in [0.717, 1.165) is 30.0 Å². The van der Waals surface area contributed by atoms with Crippen LogP contribution in [0, 0.1) is 0 Å². The molecule has 0 saturated heterocycles. The molecule has 5 heteroatoms. The maximum absolute atomic E-state index is 11.1. The first-order valence-electron chi connectivity index (χ1n) is 6.79. The Kier molecular flexibility index (Phi) is 4.70. The highest BCUT2D eigenvalue weighted by atomic mass is 35.5. The minimum absolute atomic E-state index is 0. The number of aliphatic carboxylic acids is 1. The Balaban J connectivity index is 0.00000161. The molecule has 21 heavy (non-hydrogen) atoms. The summed E-state index contributed by atoms with van der Waals surface area (Å²) in [5.74, 6) is 0.965. The molecule has 0 amide bonds. The molecule has 2 heterocycles. The number of carboxylic acids is 1. The van der Waals surface area contributed by atoms with Crippen molar-refractivity contribution < 1.29 is 14.3 Å². The average Bonchev–Trinajstić information content (AvgIpc) is 2.90. The molecule has 112 valence electrons. The van der Waals surface area contributed by atoms with Gasteiger partial charge in [-0.2, -0.15) is 0 Å². The fraction of sp³-hybridized carbons (Fsp3) is 0.312. The molecule has 1 aromatic heterocycles. The third-order valence-electron chi connectivity index (χ3n) is 3.88. The normalized spacial score (nSPS) is 15.9. The standard InChI is InChI=1S/C16H17NO3.ClH/c1-11(16(18)19)17-8-7-13-9-14(20-15(13)10-17)12-5-3-2-4-6-12;/h2-6,9,11H,7-8,10H2,1H3,(H,18,19);1H. The van der Waals surface area contributed by atoms with Crippen molar-refractivity contribution in [2.24, 2.45) is 0 Å². The molecule has 1 aliphatic heterocycles. The summed E-state index contributed by atoms with van der Waals surface area (Å²) in [6.07, 6.45) is 0.837. The summed E-state index contributed by atoms with van der Waals surface area (Å²) in [6.45, 7) is 3.04. The molecule has 1 aliphatic rings. The van der Waals surface area contributed by atoms with Crippen molar-refractivity contribution in [3.8, 4) is 11.3 Å². The Morgan fingerprint density at radius 3 is 2.71 bits per heavy atom. The van der Waals surface area contributed by atoms with Crippen molar-refractivity contribution in [3.05, 3.63) is 47.7 Å². The summed E-state index contributed by atoms with van der Waals surface area (Å²) in [5.41, 5.74) is 2.25. The van der Waals surface area contributed by atoms with Crippen molar-refractivity contribution in [1.82, 2.24) is 4.90 Å². The number of fused-ring (bicyclic) bond motifs is 1. The average molecular weight is 308 g/mol. The van der Waals surface area contributed by atoms with Crippen LogP contribution < -0.4 is 0 Å². The van der Waals surface area contributed by atoms with E-state index < -0.39 is 12.0 Å². The second-order valence-electron chi connectivity index (χ2n) is 5.16. The van der Waals surface area contributed by atoms with Gasteiger partial charge >= 0.3 is 5.97 Å². The van der Waals surface area contributed by atoms with Gasteiger partial charge in [0, 0.05) is 12.1 Å². The van der Waals surface area contributed by atoms with E-state index in [-0.39, 0.29) is 12.4 Å². The first kappa shape index (κ1) is 15.6. The minimum atomic E-state index is -0.789. The van der Waals surface area contributed by atoms with Crippen LogP contribution in [0.1, 0.15) is 18.2 Å². The highest BCUT2D eigenvalue weighted by molar-refractivity contribution is 5.85. The molecular weight excluding hydrogens is 290 g/mol. The lowest BCUT2D eigenvalue weighted by Gasteiger charge is -2.28. The van der Waals surface area contributed by atoms with Gasteiger partial charge in [0.25, 0.3) is 0 Å². The molecule has 3 rings (SSSR count). The van der Waals surface area contributed by atoms with Crippen molar-refractivity contribution in [3.63, 3.8) is 0 Å².